The van der Waals surface area contributed by atoms with Gasteiger partial charge in [-0.25, -0.2) is 4.79 Å². The predicted molar refractivity (Wildman–Crippen MR) is 100 cm³/mol. The predicted octanol–water partition coefficient (Wildman–Crippen LogP) is 3.54. The highest BCUT2D eigenvalue weighted by molar-refractivity contribution is 6.02. The number of nitrogens with zero attached hydrogens (tertiary/aromatic N) is 1. The van der Waals surface area contributed by atoms with Crippen LogP contribution in [0.25, 0.3) is 0 Å². The number of rotatable bonds is 3. The lowest BCUT2D eigenvalue weighted by atomic mass is 10.1. The van der Waals surface area contributed by atoms with Gasteiger partial charge in [0.25, 0.3) is 0 Å². The molecule has 0 radical (unpaired) electrons. The second-order valence-corrected chi connectivity index (χ2v) is 6.57. The van der Waals surface area contributed by atoms with Crippen LogP contribution < -0.4 is 15.5 Å². The number of amides is 3. The Morgan fingerprint density at radius 3 is 2.60 bits per heavy atom. The van der Waals surface area contributed by atoms with E-state index in [2.05, 4.69) is 10.6 Å². The number of carbonyl (C=O) groups is 2. The van der Waals surface area contributed by atoms with E-state index in [9.17, 15) is 9.59 Å². The zero-order chi connectivity index (χ0) is 18.0. The number of hydrogen-bond acceptors (Lipinski definition) is 2. The first-order valence-corrected chi connectivity index (χ1v) is 8.47. The van der Waals surface area contributed by atoms with Gasteiger partial charge in [-0.2, -0.15) is 0 Å². The fourth-order valence-corrected chi connectivity index (χ4v) is 3.01. The van der Waals surface area contributed by atoms with Crippen molar-refractivity contribution < 1.29 is 9.59 Å². The van der Waals surface area contributed by atoms with Gasteiger partial charge in [-0.1, -0.05) is 18.2 Å². The highest BCUT2D eigenvalue weighted by Gasteiger charge is 2.33. The second kappa shape index (κ2) is 6.97. The van der Waals surface area contributed by atoms with Crippen LogP contribution in [0.3, 0.4) is 0 Å². The third kappa shape index (κ3) is 3.82. The van der Waals surface area contributed by atoms with E-state index >= 15 is 0 Å². The van der Waals surface area contributed by atoms with Crippen LogP contribution in [0, 0.1) is 20.8 Å². The molecule has 0 aliphatic carbocycles. The van der Waals surface area contributed by atoms with Crippen LogP contribution in [0.2, 0.25) is 0 Å². The van der Waals surface area contributed by atoms with Crippen LogP contribution in [0.4, 0.5) is 16.2 Å². The van der Waals surface area contributed by atoms with E-state index in [1.165, 1.54) is 5.56 Å². The van der Waals surface area contributed by atoms with Gasteiger partial charge in [0, 0.05) is 17.9 Å². The maximum Gasteiger partial charge on any atom is 0.319 e. The van der Waals surface area contributed by atoms with Crippen LogP contribution in [0.5, 0.6) is 0 Å². The summed E-state index contributed by atoms with van der Waals surface area (Å²) in [5, 5.41) is 5.56. The third-order valence-electron chi connectivity index (χ3n) is 4.59. The summed E-state index contributed by atoms with van der Waals surface area (Å²) in [6.07, 6.45) is 0.604. The maximum absolute atomic E-state index is 12.6. The van der Waals surface area contributed by atoms with E-state index < -0.39 is 6.04 Å². The Labute approximate surface area is 148 Å². The van der Waals surface area contributed by atoms with Crippen molar-refractivity contribution >= 4 is 23.3 Å². The van der Waals surface area contributed by atoms with Gasteiger partial charge in [0.05, 0.1) is 0 Å². The minimum absolute atomic E-state index is 0.0670. The van der Waals surface area contributed by atoms with Crippen LogP contribution in [-0.2, 0) is 4.79 Å². The average molecular weight is 337 g/mol. The van der Waals surface area contributed by atoms with Crippen molar-refractivity contribution in [2.45, 2.75) is 33.2 Å². The van der Waals surface area contributed by atoms with E-state index in [4.69, 9.17) is 0 Å². The lowest BCUT2D eigenvalue weighted by Crippen LogP contribution is -2.43. The molecule has 3 rings (SSSR count). The number of hydrogen-bond donors (Lipinski definition) is 2. The Kier molecular flexibility index (Phi) is 4.74. The molecular weight excluding hydrogens is 314 g/mol. The van der Waals surface area contributed by atoms with Gasteiger partial charge in [0.1, 0.15) is 6.04 Å². The molecule has 2 aromatic rings. The second-order valence-electron chi connectivity index (χ2n) is 6.57. The van der Waals surface area contributed by atoms with E-state index in [1.54, 1.807) is 4.90 Å². The molecule has 5 nitrogen and oxygen atoms in total. The van der Waals surface area contributed by atoms with Crippen LogP contribution in [0.15, 0.2) is 42.5 Å². The number of anilines is 2. The summed E-state index contributed by atoms with van der Waals surface area (Å²) in [5.41, 5.74) is 5.02. The molecule has 0 aromatic heterocycles. The molecule has 1 saturated heterocycles. The van der Waals surface area contributed by atoms with Crippen LogP contribution in [0.1, 0.15) is 23.1 Å². The van der Waals surface area contributed by atoms with Crippen molar-refractivity contribution in [3.63, 3.8) is 0 Å². The van der Waals surface area contributed by atoms with Gasteiger partial charge in [-0.3, -0.25) is 4.79 Å². The molecule has 0 bridgehead atoms. The number of aryl methyl sites for hydroxylation is 3. The monoisotopic (exact) mass is 337 g/mol. The molecule has 5 heteroatoms. The molecule has 1 atom stereocenters. The molecule has 2 aromatic carbocycles. The zero-order valence-corrected chi connectivity index (χ0v) is 14.8. The summed E-state index contributed by atoms with van der Waals surface area (Å²) in [4.78, 5) is 26.5. The molecule has 0 saturated carbocycles. The lowest BCUT2D eigenvalue weighted by Gasteiger charge is -2.18. The Morgan fingerprint density at radius 2 is 1.88 bits per heavy atom. The Hall–Kier alpha value is -2.82. The molecule has 0 spiro atoms. The first kappa shape index (κ1) is 17.0. The summed E-state index contributed by atoms with van der Waals surface area (Å²) in [5.74, 6) is -0.0670. The SMILES string of the molecule is Cc1cccc(NC(=O)N[C@@H]2CCN(c3ccc(C)c(C)c3)C2=O)c1. The minimum Gasteiger partial charge on any atom is -0.326 e. The lowest BCUT2D eigenvalue weighted by molar-refractivity contribution is -0.118. The first-order valence-electron chi connectivity index (χ1n) is 8.47. The average Bonchev–Trinajstić information content (AvgIpc) is 2.91. The molecule has 1 fully saturated rings. The summed E-state index contributed by atoms with van der Waals surface area (Å²) < 4.78 is 0. The van der Waals surface area contributed by atoms with Crippen molar-refractivity contribution in [3.8, 4) is 0 Å². The van der Waals surface area contributed by atoms with Crippen LogP contribution >= 0.6 is 0 Å². The van der Waals surface area contributed by atoms with E-state index in [-0.39, 0.29) is 11.9 Å². The van der Waals surface area contributed by atoms with Crippen molar-refractivity contribution in [1.82, 2.24) is 5.32 Å². The van der Waals surface area contributed by atoms with Gasteiger partial charge < -0.3 is 15.5 Å². The van der Waals surface area contributed by atoms with Crippen molar-refractivity contribution in [1.29, 1.82) is 0 Å². The summed E-state index contributed by atoms with van der Waals surface area (Å²) in [6, 6.07) is 12.7. The Balaban J connectivity index is 1.63. The van der Waals surface area contributed by atoms with E-state index in [0.717, 1.165) is 16.8 Å². The molecule has 25 heavy (non-hydrogen) atoms. The standard InChI is InChI=1S/C20H23N3O2/c1-13-5-4-6-16(11-13)21-20(25)22-18-9-10-23(19(18)24)17-8-7-14(2)15(3)12-17/h4-8,11-12,18H,9-10H2,1-3H3,(H2,21,22,25)/t18-/m1/s1. The maximum atomic E-state index is 12.6. The molecule has 3 amide bonds. The smallest absolute Gasteiger partial charge is 0.319 e. The van der Waals surface area contributed by atoms with Gasteiger partial charge >= 0.3 is 6.03 Å². The van der Waals surface area contributed by atoms with Crippen molar-refractivity contribution in [3.05, 3.63) is 59.2 Å². The molecule has 1 heterocycles. The summed E-state index contributed by atoms with van der Waals surface area (Å²) >= 11 is 0. The van der Waals surface area contributed by atoms with E-state index in [1.807, 2.05) is 63.2 Å². The molecule has 0 unspecified atom stereocenters. The largest absolute Gasteiger partial charge is 0.326 e. The molecule has 130 valence electrons. The molecule has 1 aliphatic rings. The number of benzene rings is 2. The molecular formula is C20H23N3O2. The van der Waals surface area contributed by atoms with Gasteiger partial charge in [0.15, 0.2) is 0 Å². The topological polar surface area (TPSA) is 61.4 Å². The highest BCUT2D eigenvalue weighted by atomic mass is 16.2. The highest BCUT2D eigenvalue weighted by Crippen LogP contribution is 2.24. The summed E-state index contributed by atoms with van der Waals surface area (Å²) in [7, 11) is 0. The normalized spacial score (nSPS) is 16.8. The zero-order valence-electron chi connectivity index (χ0n) is 14.8. The van der Waals surface area contributed by atoms with Gasteiger partial charge in [-0.15, -0.1) is 0 Å². The van der Waals surface area contributed by atoms with Gasteiger partial charge in [0.2, 0.25) is 5.91 Å². The fourth-order valence-electron chi connectivity index (χ4n) is 3.01. The quantitative estimate of drug-likeness (QED) is 0.900. The van der Waals surface area contributed by atoms with Crippen molar-refractivity contribution in [2.75, 3.05) is 16.8 Å². The summed E-state index contributed by atoms with van der Waals surface area (Å²) in [6.45, 7) is 6.65. The number of nitrogens with one attached hydrogen (secondary N) is 2. The van der Waals surface area contributed by atoms with E-state index in [0.29, 0.717) is 18.7 Å². The first-order chi connectivity index (χ1) is 11.9. The molecule has 1 aliphatic heterocycles. The van der Waals surface area contributed by atoms with Gasteiger partial charge in [-0.05, 0) is 68.1 Å². The van der Waals surface area contributed by atoms with Crippen LogP contribution in [-0.4, -0.2) is 24.5 Å². The molecule has 2 N–H and O–H groups in total. The number of urea groups is 1. The fraction of sp³-hybridized carbons (Fsp3) is 0.300. The number of carbonyl (C=O) groups excluding carboxylic acids is 2. The Bertz CT molecular complexity index is 816. The van der Waals surface area contributed by atoms with Crippen molar-refractivity contribution in [2.24, 2.45) is 0 Å². The minimum atomic E-state index is -0.494. The third-order valence-corrected chi connectivity index (χ3v) is 4.59. The Morgan fingerprint density at radius 1 is 1.08 bits per heavy atom.